The van der Waals surface area contributed by atoms with Gasteiger partial charge in [-0.3, -0.25) is 4.90 Å². The Morgan fingerprint density at radius 2 is 2.21 bits per heavy atom. The summed E-state index contributed by atoms with van der Waals surface area (Å²) in [7, 11) is 3.66. The number of nitrogens with one attached hydrogen (secondary N) is 1. The van der Waals surface area contributed by atoms with Crippen LogP contribution in [0.5, 0.6) is 0 Å². The fraction of sp³-hybridized carbons (Fsp3) is 0.600. The molecule has 3 nitrogen and oxygen atoms in total. The van der Waals surface area contributed by atoms with E-state index in [1.807, 2.05) is 19.2 Å². The van der Waals surface area contributed by atoms with Crippen LogP contribution >= 0.6 is 0 Å². The molecule has 1 aliphatic carbocycles. The Morgan fingerprint density at radius 3 is 2.89 bits per heavy atom. The highest BCUT2D eigenvalue weighted by molar-refractivity contribution is 5.25. The van der Waals surface area contributed by atoms with E-state index in [0.717, 1.165) is 24.2 Å². The minimum absolute atomic E-state index is 0.126. The Hall–Kier alpha value is -0.970. The van der Waals surface area contributed by atoms with Gasteiger partial charge < -0.3 is 10.1 Å². The van der Waals surface area contributed by atoms with Gasteiger partial charge in [0.1, 0.15) is 5.82 Å². The first-order chi connectivity index (χ1) is 9.19. The monoisotopic (exact) mass is 266 g/mol. The summed E-state index contributed by atoms with van der Waals surface area (Å²) in [6, 6.07) is 6.08. The van der Waals surface area contributed by atoms with Crippen molar-refractivity contribution in [2.75, 3.05) is 27.3 Å². The molecule has 1 aliphatic rings. The predicted octanol–water partition coefficient (Wildman–Crippen LogP) is 2.16. The fourth-order valence-corrected chi connectivity index (χ4v) is 2.03. The van der Waals surface area contributed by atoms with Crippen molar-refractivity contribution in [1.29, 1.82) is 0 Å². The molecule has 0 atom stereocenters. The molecule has 0 unspecified atom stereocenters. The van der Waals surface area contributed by atoms with Crippen molar-refractivity contribution in [1.82, 2.24) is 10.2 Å². The van der Waals surface area contributed by atoms with Gasteiger partial charge in [-0.2, -0.15) is 0 Å². The van der Waals surface area contributed by atoms with Gasteiger partial charge in [-0.25, -0.2) is 4.39 Å². The smallest absolute Gasteiger partial charge is 0.127 e. The average molecular weight is 266 g/mol. The summed E-state index contributed by atoms with van der Waals surface area (Å²) in [4.78, 5) is 2.07. The van der Waals surface area contributed by atoms with Crippen LogP contribution in [-0.4, -0.2) is 38.3 Å². The Balaban J connectivity index is 1.91. The maximum atomic E-state index is 13.8. The zero-order chi connectivity index (χ0) is 13.7. The maximum absolute atomic E-state index is 13.8. The molecule has 2 rings (SSSR count). The average Bonchev–Trinajstić information content (AvgIpc) is 3.21. The number of ether oxygens (including phenoxy) is 1. The molecule has 1 fully saturated rings. The minimum Gasteiger partial charge on any atom is -0.383 e. The number of hydrogen-bond acceptors (Lipinski definition) is 3. The predicted molar refractivity (Wildman–Crippen MR) is 74.5 cm³/mol. The van der Waals surface area contributed by atoms with Crippen LogP contribution in [0.15, 0.2) is 18.2 Å². The van der Waals surface area contributed by atoms with Crippen LogP contribution in [-0.2, 0) is 17.8 Å². The Morgan fingerprint density at radius 1 is 1.42 bits per heavy atom. The van der Waals surface area contributed by atoms with Gasteiger partial charge in [0.25, 0.3) is 0 Å². The number of likely N-dealkylation sites (N-methyl/N-ethyl adjacent to an activating group) is 1. The topological polar surface area (TPSA) is 24.5 Å². The molecule has 0 spiro atoms. The largest absolute Gasteiger partial charge is 0.383 e. The van der Waals surface area contributed by atoms with Crippen LogP contribution in [0.25, 0.3) is 0 Å². The number of nitrogens with zero attached hydrogens (tertiary/aromatic N) is 1. The molecule has 0 aromatic heterocycles. The lowest BCUT2D eigenvalue weighted by atomic mass is 10.1. The van der Waals surface area contributed by atoms with E-state index in [1.165, 1.54) is 12.8 Å². The van der Waals surface area contributed by atoms with Crippen LogP contribution < -0.4 is 5.32 Å². The first-order valence-electron chi connectivity index (χ1n) is 6.87. The SMILES string of the molecule is COCCN(C)Cc1cc(CNC2CC2)ccc1F. The molecule has 19 heavy (non-hydrogen) atoms. The Bertz CT molecular complexity index is 407. The van der Waals surface area contributed by atoms with Gasteiger partial charge in [0.15, 0.2) is 0 Å². The molecule has 1 saturated carbocycles. The van der Waals surface area contributed by atoms with Crippen molar-refractivity contribution in [3.63, 3.8) is 0 Å². The van der Waals surface area contributed by atoms with Gasteiger partial charge >= 0.3 is 0 Å². The lowest BCUT2D eigenvalue weighted by Crippen LogP contribution is -2.23. The molecule has 0 saturated heterocycles. The summed E-state index contributed by atoms with van der Waals surface area (Å²) in [6.07, 6.45) is 2.54. The summed E-state index contributed by atoms with van der Waals surface area (Å²) in [6.45, 7) is 2.92. The van der Waals surface area contributed by atoms with Gasteiger partial charge in [0.05, 0.1) is 6.61 Å². The van der Waals surface area contributed by atoms with E-state index < -0.39 is 0 Å². The number of hydrogen-bond donors (Lipinski definition) is 1. The van der Waals surface area contributed by atoms with E-state index in [9.17, 15) is 4.39 Å². The summed E-state index contributed by atoms with van der Waals surface area (Å²) in [5.41, 5.74) is 1.91. The first-order valence-corrected chi connectivity index (χ1v) is 6.87. The van der Waals surface area contributed by atoms with E-state index in [4.69, 9.17) is 4.74 Å². The van der Waals surface area contributed by atoms with Gasteiger partial charge in [0.2, 0.25) is 0 Å². The molecule has 0 radical (unpaired) electrons. The van der Waals surface area contributed by atoms with Crippen molar-refractivity contribution in [2.45, 2.75) is 32.0 Å². The van der Waals surface area contributed by atoms with Crippen LogP contribution in [0.4, 0.5) is 4.39 Å². The third-order valence-electron chi connectivity index (χ3n) is 3.40. The van der Waals surface area contributed by atoms with E-state index in [1.54, 1.807) is 13.2 Å². The third-order valence-corrected chi connectivity index (χ3v) is 3.40. The summed E-state index contributed by atoms with van der Waals surface area (Å²) < 4.78 is 18.8. The third kappa shape index (κ3) is 4.90. The molecule has 0 bridgehead atoms. The van der Waals surface area contributed by atoms with E-state index >= 15 is 0 Å². The molecular weight excluding hydrogens is 243 g/mol. The summed E-state index contributed by atoms with van der Waals surface area (Å²) >= 11 is 0. The van der Waals surface area contributed by atoms with Crippen LogP contribution in [0.2, 0.25) is 0 Å². The normalized spacial score (nSPS) is 15.2. The summed E-state index contributed by atoms with van der Waals surface area (Å²) in [5, 5.41) is 3.45. The highest BCUT2D eigenvalue weighted by Gasteiger charge is 2.20. The van der Waals surface area contributed by atoms with Gasteiger partial charge in [-0.15, -0.1) is 0 Å². The number of methoxy groups -OCH3 is 1. The number of halogens is 1. The summed E-state index contributed by atoms with van der Waals surface area (Å²) in [5.74, 6) is -0.126. The van der Waals surface area contributed by atoms with Crippen molar-refractivity contribution >= 4 is 0 Å². The zero-order valence-corrected chi connectivity index (χ0v) is 11.8. The quantitative estimate of drug-likeness (QED) is 0.780. The van der Waals surface area contributed by atoms with Crippen molar-refractivity contribution in [3.05, 3.63) is 35.1 Å². The van der Waals surface area contributed by atoms with Crippen molar-refractivity contribution in [2.24, 2.45) is 0 Å². The Kier molecular flexibility index (Phi) is 5.31. The van der Waals surface area contributed by atoms with E-state index in [0.29, 0.717) is 19.2 Å². The van der Waals surface area contributed by atoms with E-state index in [2.05, 4.69) is 10.2 Å². The van der Waals surface area contributed by atoms with Gasteiger partial charge in [-0.05, 0) is 31.5 Å². The van der Waals surface area contributed by atoms with Gasteiger partial charge in [-0.1, -0.05) is 12.1 Å². The minimum atomic E-state index is -0.126. The second-order valence-corrected chi connectivity index (χ2v) is 5.31. The standard InChI is InChI=1S/C15H23FN2O/c1-18(7-8-19-2)11-13-9-12(3-6-15(13)16)10-17-14-4-5-14/h3,6,9,14,17H,4-5,7-8,10-11H2,1-2H3. The molecule has 0 amide bonds. The second-order valence-electron chi connectivity index (χ2n) is 5.31. The van der Waals surface area contributed by atoms with Crippen LogP contribution in [0, 0.1) is 5.82 Å². The number of benzene rings is 1. The Labute approximate surface area is 114 Å². The molecule has 0 aliphatic heterocycles. The molecule has 1 aromatic rings. The first kappa shape index (κ1) is 14.4. The molecule has 0 heterocycles. The van der Waals surface area contributed by atoms with E-state index in [-0.39, 0.29) is 5.82 Å². The number of rotatable bonds is 8. The highest BCUT2D eigenvalue weighted by atomic mass is 19.1. The zero-order valence-electron chi connectivity index (χ0n) is 11.8. The van der Waals surface area contributed by atoms with Crippen LogP contribution in [0.3, 0.4) is 0 Å². The molecule has 106 valence electrons. The van der Waals surface area contributed by atoms with Crippen LogP contribution in [0.1, 0.15) is 24.0 Å². The van der Waals surface area contributed by atoms with Crippen molar-refractivity contribution < 1.29 is 9.13 Å². The molecule has 1 N–H and O–H groups in total. The lowest BCUT2D eigenvalue weighted by molar-refractivity contribution is 0.158. The fourth-order valence-electron chi connectivity index (χ4n) is 2.03. The van der Waals surface area contributed by atoms with Gasteiger partial charge in [0, 0.05) is 38.3 Å². The van der Waals surface area contributed by atoms with Crippen molar-refractivity contribution in [3.8, 4) is 0 Å². The lowest BCUT2D eigenvalue weighted by Gasteiger charge is -2.17. The second kappa shape index (κ2) is 6.98. The highest BCUT2D eigenvalue weighted by Crippen LogP contribution is 2.20. The molecule has 4 heteroatoms. The maximum Gasteiger partial charge on any atom is 0.127 e. The molecule has 1 aromatic carbocycles. The molecular formula is C15H23FN2O.